The Morgan fingerprint density at radius 1 is 1.27 bits per heavy atom. The summed E-state index contributed by atoms with van der Waals surface area (Å²) in [5.41, 5.74) is 0.209. The van der Waals surface area contributed by atoms with E-state index >= 15 is 0 Å². The van der Waals surface area contributed by atoms with Crippen molar-refractivity contribution in [1.82, 2.24) is 0 Å². The molecule has 0 amide bonds. The minimum absolute atomic E-state index is 0.192. The quantitative estimate of drug-likeness (QED) is 0.505. The van der Waals surface area contributed by atoms with Crippen LogP contribution in [0.15, 0.2) is 23.3 Å². The van der Waals surface area contributed by atoms with E-state index in [1.54, 1.807) is 6.92 Å². The van der Waals surface area contributed by atoms with Crippen LogP contribution >= 0.6 is 0 Å². The number of aliphatic hydroxyl groups excluding tert-OH is 1. The Bertz CT molecular complexity index is 693. The molecule has 0 radical (unpaired) electrons. The van der Waals surface area contributed by atoms with Gasteiger partial charge < -0.3 is 19.3 Å². The summed E-state index contributed by atoms with van der Waals surface area (Å²) in [6.07, 6.45) is 1.51. The van der Waals surface area contributed by atoms with Crippen LogP contribution in [0.25, 0.3) is 0 Å². The summed E-state index contributed by atoms with van der Waals surface area (Å²) in [6, 6.07) is 0. The number of ether oxygens (including phenoxy) is 3. The third-order valence-electron chi connectivity index (χ3n) is 6.27. The molecule has 3 aliphatic heterocycles. The second-order valence-electron chi connectivity index (χ2n) is 7.24. The number of cyclic esters (lactones) is 1. The maximum Gasteiger partial charge on any atom is 0.331 e. The Hall–Kier alpha value is -1.66. The molecule has 1 N–H and O–H groups in total. The molecule has 5 rings (SSSR count). The van der Waals surface area contributed by atoms with E-state index < -0.39 is 29.0 Å². The molecule has 3 heterocycles. The van der Waals surface area contributed by atoms with Gasteiger partial charge >= 0.3 is 11.9 Å². The van der Waals surface area contributed by atoms with Crippen LogP contribution in [0.4, 0.5) is 0 Å². The van der Waals surface area contributed by atoms with E-state index in [1.807, 2.05) is 13.0 Å². The van der Waals surface area contributed by atoms with Crippen LogP contribution in [-0.4, -0.2) is 48.1 Å². The molecule has 116 valence electrons. The fourth-order valence-electron chi connectivity index (χ4n) is 5.19. The Morgan fingerprint density at radius 3 is 2.82 bits per heavy atom. The average Bonchev–Trinajstić information content (AvgIpc) is 3.22. The zero-order valence-corrected chi connectivity index (χ0v) is 12.2. The monoisotopic (exact) mass is 304 g/mol. The Kier molecular flexibility index (Phi) is 2.02. The summed E-state index contributed by atoms with van der Waals surface area (Å²) in [5.74, 6) is -1.01. The summed E-state index contributed by atoms with van der Waals surface area (Å²) < 4.78 is 16.4. The van der Waals surface area contributed by atoms with E-state index in [0.717, 1.165) is 11.1 Å². The fourth-order valence-corrected chi connectivity index (χ4v) is 5.19. The molecule has 7 atom stereocenters. The molecular formula is C16H16O6. The van der Waals surface area contributed by atoms with E-state index in [4.69, 9.17) is 14.2 Å². The molecule has 0 aromatic heterocycles. The zero-order valence-electron chi connectivity index (χ0n) is 12.2. The zero-order chi connectivity index (χ0) is 15.4. The van der Waals surface area contributed by atoms with Gasteiger partial charge in [0.05, 0.1) is 12.2 Å². The molecular weight excluding hydrogens is 288 g/mol. The summed E-state index contributed by atoms with van der Waals surface area (Å²) >= 11 is 0. The third kappa shape index (κ3) is 1.15. The van der Waals surface area contributed by atoms with Gasteiger partial charge in [0.2, 0.25) is 0 Å². The van der Waals surface area contributed by atoms with Crippen LogP contribution in [0.1, 0.15) is 13.8 Å². The van der Waals surface area contributed by atoms with Crippen molar-refractivity contribution in [2.75, 3.05) is 6.61 Å². The number of hydrogen-bond donors (Lipinski definition) is 1. The number of epoxide rings is 1. The predicted molar refractivity (Wildman–Crippen MR) is 71.4 cm³/mol. The molecule has 0 unspecified atom stereocenters. The molecule has 2 aliphatic carbocycles. The van der Waals surface area contributed by atoms with Crippen molar-refractivity contribution in [2.45, 2.75) is 38.3 Å². The lowest BCUT2D eigenvalue weighted by atomic mass is 9.49. The lowest BCUT2D eigenvalue weighted by Crippen LogP contribution is -2.60. The number of fused-ring (bicyclic) bond motifs is 4. The summed E-state index contributed by atoms with van der Waals surface area (Å²) in [4.78, 5) is 24.2. The summed E-state index contributed by atoms with van der Waals surface area (Å²) in [7, 11) is 0. The highest BCUT2D eigenvalue weighted by atomic mass is 16.6. The molecule has 0 aromatic rings. The molecule has 22 heavy (non-hydrogen) atoms. The third-order valence-corrected chi connectivity index (χ3v) is 6.27. The Balaban J connectivity index is 1.78. The second kappa shape index (κ2) is 3.46. The molecule has 2 saturated heterocycles. The van der Waals surface area contributed by atoms with Gasteiger partial charge in [-0.2, -0.15) is 0 Å². The van der Waals surface area contributed by atoms with E-state index in [2.05, 4.69) is 0 Å². The summed E-state index contributed by atoms with van der Waals surface area (Å²) in [5, 5.41) is 10.6. The predicted octanol–water partition coefficient (Wildman–Crippen LogP) is 0.106. The first-order valence-corrected chi connectivity index (χ1v) is 7.53. The molecule has 0 spiro atoms. The van der Waals surface area contributed by atoms with Crippen molar-refractivity contribution in [1.29, 1.82) is 0 Å². The van der Waals surface area contributed by atoms with E-state index in [0.29, 0.717) is 0 Å². The Labute approximate surface area is 126 Å². The van der Waals surface area contributed by atoms with Gasteiger partial charge in [0, 0.05) is 17.4 Å². The Morgan fingerprint density at radius 2 is 2.05 bits per heavy atom. The maximum absolute atomic E-state index is 12.5. The van der Waals surface area contributed by atoms with Gasteiger partial charge in [-0.05, 0) is 24.1 Å². The molecule has 5 aliphatic rings. The van der Waals surface area contributed by atoms with Crippen LogP contribution in [0.3, 0.4) is 0 Å². The van der Waals surface area contributed by atoms with Crippen molar-refractivity contribution in [2.24, 2.45) is 16.7 Å². The minimum atomic E-state index is -1.01. The molecule has 0 bridgehead atoms. The highest BCUT2D eigenvalue weighted by Crippen LogP contribution is 2.68. The van der Waals surface area contributed by atoms with Crippen LogP contribution < -0.4 is 0 Å². The number of esters is 2. The standard InChI is InChI=1S/C16H16O6/c1-15-7-4-9(17)20-5-6(7)3-8-11(15)16(2,14(19)21-8)12(18)10-13(15)22-10/h3-4,8,10-13,18H,5H2,1-2H3/t8-,10-,11-,12+,13-,15-,16-/m1/s1. The molecule has 6 heteroatoms. The largest absolute Gasteiger partial charge is 0.458 e. The van der Waals surface area contributed by atoms with Gasteiger partial charge in [-0.25, -0.2) is 4.79 Å². The first-order valence-electron chi connectivity index (χ1n) is 7.53. The highest BCUT2D eigenvalue weighted by Gasteiger charge is 2.78. The van der Waals surface area contributed by atoms with Gasteiger partial charge in [-0.1, -0.05) is 6.92 Å². The first kappa shape index (κ1) is 12.8. The van der Waals surface area contributed by atoms with Gasteiger partial charge in [0.15, 0.2) is 0 Å². The van der Waals surface area contributed by atoms with Crippen molar-refractivity contribution < 1.29 is 28.9 Å². The van der Waals surface area contributed by atoms with Crippen molar-refractivity contribution in [3.63, 3.8) is 0 Å². The molecule has 1 saturated carbocycles. The van der Waals surface area contributed by atoms with Gasteiger partial charge in [-0.15, -0.1) is 0 Å². The molecule has 3 fully saturated rings. The second-order valence-corrected chi connectivity index (χ2v) is 7.24. The van der Waals surface area contributed by atoms with Crippen LogP contribution in [-0.2, 0) is 23.8 Å². The SMILES string of the molecule is C[C@@]12C3=CC(=O)OCC3=C[C@H]3OC(=O)[C@](C)([C@H]31)[C@@H](O)[C@H]1O[C@H]12. The van der Waals surface area contributed by atoms with Crippen molar-refractivity contribution >= 4 is 11.9 Å². The van der Waals surface area contributed by atoms with E-state index in [1.165, 1.54) is 6.08 Å². The number of carbonyl (C=O) groups is 2. The van der Waals surface area contributed by atoms with Crippen LogP contribution in [0.5, 0.6) is 0 Å². The minimum Gasteiger partial charge on any atom is -0.458 e. The van der Waals surface area contributed by atoms with Crippen molar-refractivity contribution in [3.05, 3.63) is 23.3 Å². The number of aliphatic hydroxyl groups is 1. The number of hydrogen-bond acceptors (Lipinski definition) is 6. The average molecular weight is 304 g/mol. The smallest absolute Gasteiger partial charge is 0.331 e. The number of carbonyl (C=O) groups excluding carboxylic acids is 2. The van der Waals surface area contributed by atoms with Crippen LogP contribution in [0, 0.1) is 16.7 Å². The molecule has 6 nitrogen and oxygen atoms in total. The fraction of sp³-hybridized carbons (Fsp3) is 0.625. The summed E-state index contributed by atoms with van der Waals surface area (Å²) in [6.45, 7) is 3.96. The van der Waals surface area contributed by atoms with Gasteiger partial charge in [-0.3, -0.25) is 4.79 Å². The van der Waals surface area contributed by atoms with Gasteiger partial charge in [0.25, 0.3) is 0 Å². The lowest BCUT2D eigenvalue weighted by molar-refractivity contribution is -0.154. The molecule has 0 aromatic carbocycles. The normalized spacial score (nSPS) is 54.2. The first-order chi connectivity index (χ1) is 10.4. The van der Waals surface area contributed by atoms with E-state index in [9.17, 15) is 14.7 Å². The van der Waals surface area contributed by atoms with Gasteiger partial charge in [0.1, 0.15) is 24.2 Å². The number of rotatable bonds is 0. The maximum atomic E-state index is 12.5. The highest BCUT2D eigenvalue weighted by molar-refractivity contribution is 5.87. The topological polar surface area (TPSA) is 85.4 Å². The van der Waals surface area contributed by atoms with Crippen LogP contribution in [0.2, 0.25) is 0 Å². The lowest BCUT2D eigenvalue weighted by Gasteiger charge is -2.51. The van der Waals surface area contributed by atoms with E-state index in [-0.39, 0.29) is 30.7 Å². The van der Waals surface area contributed by atoms with Crippen molar-refractivity contribution in [3.8, 4) is 0 Å².